The van der Waals surface area contributed by atoms with Gasteiger partial charge >= 0.3 is 10.2 Å². The molecule has 1 N–H and O–H groups in total. The topological polar surface area (TPSA) is 99.3 Å². The molecule has 4 rings (SSSR count). The molecule has 0 bridgehead atoms. The molecule has 1 saturated carbocycles. The maximum absolute atomic E-state index is 14.4. The first-order chi connectivity index (χ1) is 21.1. The zero-order chi connectivity index (χ0) is 31.7. The molecule has 0 aromatic heterocycles. The van der Waals surface area contributed by atoms with Crippen LogP contribution >= 0.6 is 0 Å². The minimum absolute atomic E-state index is 0.00753. The van der Waals surface area contributed by atoms with Crippen molar-refractivity contribution in [2.75, 3.05) is 32.1 Å². The van der Waals surface area contributed by atoms with E-state index in [0.717, 1.165) is 58.4 Å². The second-order valence-electron chi connectivity index (χ2n) is 11.2. The van der Waals surface area contributed by atoms with Crippen molar-refractivity contribution >= 4 is 27.7 Å². The van der Waals surface area contributed by atoms with Gasteiger partial charge in [0.25, 0.3) is 0 Å². The fraction of sp³-hybridized carbons (Fsp3) is 0.394. The molecule has 0 spiro atoms. The lowest BCUT2D eigenvalue weighted by Crippen LogP contribution is -2.55. The monoisotopic (exact) mass is 624 g/mol. The molecular formula is C33H41FN4O5S. The molecule has 0 saturated heterocycles. The average molecular weight is 625 g/mol. The van der Waals surface area contributed by atoms with Gasteiger partial charge in [-0.1, -0.05) is 61.7 Å². The second kappa shape index (κ2) is 15.2. The van der Waals surface area contributed by atoms with Crippen LogP contribution in [0, 0.1) is 5.82 Å². The Bertz CT molecular complexity index is 1500. The summed E-state index contributed by atoms with van der Waals surface area (Å²) in [6.45, 7) is -0.566. The molecule has 3 aromatic rings. The van der Waals surface area contributed by atoms with Crippen LogP contribution < -0.4 is 14.4 Å². The molecular weight excluding hydrogens is 583 g/mol. The van der Waals surface area contributed by atoms with Crippen molar-refractivity contribution in [2.45, 2.75) is 57.2 Å². The van der Waals surface area contributed by atoms with E-state index in [4.69, 9.17) is 4.74 Å². The number of hydrogen-bond acceptors (Lipinski definition) is 5. The first-order valence-corrected chi connectivity index (χ1v) is 16.2. The molecule has 236 valence electrons. The number of nitrogens with zero attached hydrogens (tertiary/aromatic N) is 3. The van der Waals surface area contributed by atoms with E-state index in [0.29, 0.717) is 11.3 Å². The normalized spacial score (nSPS) is 14.6. The van der Waals surface area contributed by atoms with Crippen molar-refractivity contribution in [3.05, 3.63) is 95.8 Å². The first-order valence-electron chi connectivity index (χ1n) is 14.8. The lowest BCUT2D eigenvalue weighted by Gasteiger charge is -2.35. The van der Waals surface area contributed by atoms with Gasteiger partial charge in [-0.25, -0.2) is 8.70 Å². The molecule has 0 aliphatic heterocycles. The summed E-state index contributed by atoms with van der Waals surface area (Å²) in [7, 11) is 0.100. The third kappa shape index (κ3) is 8.57. The van der Waals surface area contributed by atoms with Gasteiger partial charge < -0.3 is 15.0 Å². The van der Waals surface area contributed by atoms with E-state index in [9.17, 15) is 22.4 Å². The molecule has 2 amide bonds. The summed E-state index contributed by atoms with van der Waals surface area (Å²) in [6.07, 6.45) is 5.14. The molecule has 1 aliphatic rings. The fourth-order valence-electron chi connectivity index (χ4n) is 5.39. The molecule has 1 atom stereocenters. The summed E-state index contributed by atoms with van der Waals surface area (Å²) in [5.74, 6) is -0.823. The van der Waals surface area contributed by atoms with Gasteiger partial charge in [0.2, 0.25) is 11.8 Å². The van der Waals surface area contributed by atoms with E-state index in [1.807, 2.05) is 36.4 Å². The Kier molecular flexibility index (Phi) is 11.4. The number of hydrogen-bond donors (Lipinski definition) is 1. The highest BCUT2D eigenvalue weighted by Crippen LogP contribution is 2.24. The molecule has 44 heavy (non-hydrogen) atoms. The van der Waals surface area contributed by atoms with E-state index >= 15 is 0 Å². The third-order valence-electron chi connectivity index (χ3n) is 7.84. The van der Waals surface area contributed by atoms with E-state index in [-0.39, 0.29) is 30.6 Å². The Hall–Kier alpha value is -3.96. The third-order valence-corrected chi connectivity index (χ3v) is 9.66. The molecule has 11 heteroatoms. The Labute approximate surface area is 259 Å². The summed E-state index contributed by atoms with van der Waals surface area (Å²) in [5, 5.41) is 3.18. The number of carbonyl (C=O) groups is 2. The van der Waals surface area contributed by atoms with Gasteiger partial charge in [0, 0.05) is 33.1 Å². The lowest BCUT2D eigenvalue weighted by atomic mass is 9.94. The maximum atomic E-state index is 14.4. The molecule has 1 aliphatic carbocycles. The van der Waals surface area contributed by atoms with Crippen molar-refractivity contribution < 1.29 is 27.1 Å². The van der Waals surface area contributed by atoms with Gasteiger partial charge in [-0.2, -0.15) is 12.7 Å². The van der Waals surface area contributed by atoms with E-state index in [1.54, 1.807) is 25.3 Å². The first kappa shape index (κ1) is 32.9. The number of anilines is 1. The largest absolute Gasteiger partial charge is 0.497 e. The number of ether oxygens (including phenoxy) is 1. The Balaban J connectivity index is 1.76. The van der Waals surface area contributed by atoms with E-state index < -0.39 is 34.5 Å². The van der Waals surface area contributed by atoms with Gasteiger partial charge in [-0.3, -0.25) is 9.59 Å². The smallest absolute Gasteiger partial charge is 0.304 e. The van der Waals surface area contributed by atoms with Crippen LogP contribution in [0.1, 0.15) is 43.2 Å². The zero-order valence-corrected chi connectivity index (χ0v) is 26.3. The van der Waals surface area contributed by atoms with Gasteiger partial charge in [0.15, 0.2) is 0 Å². The number of carbonyl (C=O) groups excluding carboxylic acids is 2. The number of rotatable bonds is 13. The Morgan fingerprint density at radius 2 is 1.59 bits per heavy atom. The second-order valence-corrected chi connectivity index (χ2v) is 13.3. The Morgan fingerprint density at radius 3 is 2.23 bits per heavy atom. The van der Waals surface area contributed by atoms with Crippen LogP contribution in [0.15, 0.2) is 78.9 Å². The standard InChI is InChI=1S/C33H41FN4O5S/c1-36(2)44(41,42)38(29-19-17-27(34)18-20-29)24-32(39)37(23-26-13-10-16-30(21-26)43-3)31(22-25-11-6-4-7-12-25)33(40)35-28-14-8-5-9-15-28/h4,6-7,10-13,16-21,28,31H,5,8-9,14-15,22-24H2,1-3H3,(H,35,40)/t31-/m1/s1. The molecule has 0 radical (unpaired) electrons. The summed E-state index contributed by atoms with van der Waals surface area (Å²) < 4.78 is 48.0. The average Bonchev–Trinajstić information content (AvgIpc) is 3.03. The predicted octanol–water partition coefficient (Wildman–Crippen LogP) is 4.54. The van der Waals surface area contributed by atoms with Crippen LogP contribution in [0.4, 0.5) is 10.1 Å². The van der Waals surface area contributed by atoms with Crippen molar-refractivity contribution in [3.63, 3.8) is 0 Å². The van der Waals surface area contributed by atoms with Crippen LogP contribution in [0.25, 0.3) is 0 Å². The zero-order valence-electron chi connectivity index (χ0n) is 25.5. The van der Waals surface area contributed by atoms with Gasteiger partial charge in [0.05, 0.1) is 12.8 Å². The Morgan fingerprint density at radius 1 is 0.932 bits per heavy atom. The van der Waals surface area contributed by atoms with Crippen molar-refractivity contribution in [1.82, 2.24) is 14.5 Å². The van der Waals surface area contributed by atoms with Crippen molar-refractivity contribution in [2.24, 2.45) is 0 Å². The molecule has 1 fully saturated rings. The maximum Gasteiger partial charge on any atom is 0.304 e. The highest BCUT2D eigenvalue weighted by atomic mass is 32.2. The minimum atomic E-state index is -4.17. The summed E-state index contributed by atoms with van der Waals surface area (Å²) in [5.41, 5.74) is 1.70. The predicted molar refractivity (Wildman–Crippen MR) is 169 cm³/mol. The summed E-state index contributed by atoms with van der Waals surface area (Å²) in [4.78, 5) is 29.9. The van der Waals surface area contributed by atoms with Gasteiger partial charge in [-0.05, 0) is 60.4 Å². The van der Waals surface area contributed by atoms with Gasteiger partial charge in [0.1, 0.15) is 24.2 Å². The summed E-state index contributed by atoms with van der Waals surface area (Å²) >= 11 is 0. The van der Waals surface area contributed by atoms with Crippen LogP contribution in [0.5, 0.6) is 5.75 Å². The summed E-state index contributed by atoms with van der Waals surface area (Å²) in [6, 6.07) is 20.6. The number of amides is 2. The highest BCUT2D eigenvalue weighted by molar-refractivity contribution is 7.90. The number of halogens is 1. The molecule has 0 heterocycles. The quantitative estimate of drug-likeness (QED) is 0.301. The highest BCUT2D eigenvalue weighted by Gasteiger charge is 2.35. The lowest BCUT2D eigenvalue weighted by molar-refractivity contribution is -0.140. The number of benzene rings is 3. The van der Waals surface area contributed by atoms with Gasteiger partial charge in [-0.15, -0.1) is 0 Å². The number of methoxy groups -OCH3 is 1. The minimum Gasteiger partial charge on any atom is -0.497 e. The van der Waals surface area contributed by atoms with Crippen LogP contribution in [0.3, 0.4) is 0 Å². The SMILES string of the molecule is COc1cccc(CN(C(=O)CN(c2ccc(F)cc2)S(=O)(=O)N(C)C)[C@H](Cc2ccccc2)C(=O)NC2CCCCC2)c1. The molecule has 0 unspecified atom stereocenters. The van der Waals surface area contributed by atoms with Crippen molar-refractivity contribution in [3.8, 4) is 5.75 Å². The van der Waals surface area contributed by atoms with E-state index in [2.05, 4.69) is 5.32 Å². The van der Waals surface area contributed by atoms with Crippen LogP contribution in [-0.2, 0) is 32.8 Å². The van der Waals surface area contributed by atoms with Crippen molar-refractivity contribution in [1.29, 1.82) is 0 Å². The van der Waals surface area contributed by atoms with E-state index in [1.165, 1.54) is 31.1 Å². The number of nitrogens with one attached hydrogen (secondary N) is 1. The molecule has 9 nitrogen and oxygen atoms in total. The fourth-order valence-corrected chi connectivity index (χ4v) is 6.45. The molecule has 3 aromatic carbocycles. The van der Waals surface area contributed by atoms with Crippen LogP contribution in [-0.4, -0.2) is 69.3 Å². The van der Waals surface area contributed by atoms with Crippen LogP contribution in [0.2, 0.25) is 0 Å².